The van der Waals surface area contributed by atoms with Gasteiger partial charge in [-0.05, 0) is 25.7 Å². The fourth-order valence-electron chi connectivity index (χ4n) is 2.02. The highest BCUT2D eigenvalue weighted by Gasteiger charge is 2.27. The minimum absolute atomic E-state index is 0.537. The number of nitrogen functional groups attached to an aromatic ring is 1. The molecule has 1 aliphatic carbocycles. The smallest absolute Gasteiger partial charge is 0.127 e. The lowest BCUT2D eigenvalue weighted by Gasteiger charge is -2.11. The summed E-state index contributed by atoms with van der Waals surface area (Å²) in [6.45, 7) is 4.40. The molecular formula is C11H19N3. The summed E-state index contributed by atoms with van der Waals surface area (Å²) in [7, 11) is 0. The first-order valence-corrected chi connectivity index (χ1v) is 5.60. The normalized spacial score (nSPS) is 16.5. The number of imidazole rings is 1. The van der Waals surface area contributed by atoms with Crippen molar-refractivity contribution in [2.45, 2.75) is 51.5 Å². The lowest BCUT2D eigenvalue weighted by molar-refractivity contribution is 0.627. The maximum Gasteiger partial charge on any atom is 0.127 e. The number of aromatic nitrogens is 2. The molecule has 1 fully saturated rings. The van der Waals surface area contributed by atoms with E-state index < -0.39 is 0 Å². The quantitative estimate of drug-likeness (QED) is 0.799. The van der Waals surface area contributed by atoms with Gasteiger partial charge in [0.1, 0.15) is 5.82 Å². The molecule has 2 rings (SSSR count). The van der Waals surface area contributed by atoms with Crippen LogP contribution in [0.15, 0.2) is 6.33 Å². The van der Waals surface area contributed by atoms with Crippen LogP contribution in [0.25, 0.3) is 0 Å². The van der Waals surface area contributed by atoms with Crippen molar-refractivity contribution < 1.29 is 0 Å². The van der Waals surface area contributed by atoms with Gasteiger partial charge in [-0.1, -0.05) is 13.8 Å². The Kier molecular flexibility index (Phi) is 2.48. The van der Waals surface area contributed by atoms with Gasteiger partial charge in [0.25, 0.3) is 0 Å². The molecule has 3 nitrogen and oxygen atoms in total. The minimum atomic E-state index is 0.537. The summed E-state index contributed by atoms with van der Waals surface area (Å²) in [6, 6.07) is 0.644. The van der Waals surface area contributed by atoms with Crippen LogP contribution in [0.3, 0.4) is 0 Å². The first-order chi connectivity index (χ1) is 6.77. The third kappa shape index (κ3) is 1.51. The second-order valence-corrected chi connectivity index (χ2v) is 4.17. The van der Waals surface area contributed by atoms with Crippen molar-refractivity contribution in [2.75, 3.05) is 5.73 Å². The molecule has 0 atom stereocenters. The Bertz CT molecular complexity index is 308. The van der Waals surface area contributed by atoms with Crippen LogP contribution in [0.5, 0.6) is 0 Å². The average Bonchev–Trinajstić information content (AvgIpc) is 2.96. The van der Waals surface area contributed by atoms with Crippen molar-refractivity contribution in [3.05, 3.63) is 12.0 Å². The number of nitrogens with two attached hydrogens (primary N) is 1. The summed E-state index contributed by atoms with van der Waals surface area (Å²) >= 11 is 0. The van der Waals surface area contributed by atoms with E-state index in [1.165, 1.54) is 12.8 Å². The Balaban J connectivity index is 2.24. The summed E-state index contributed by atoms with van der Waals surface area (Å²) in [5.74, 6) is 1.44. The van der Waals surface area contributed by atoms with Crippen LogP contribution in [0.4, 0.5) is 5.82 Å². The highest BCUT2D eigenvalue weighted by Crippen LogP contribution is 2.39. The van der Waals surface area contributed by atoms with E-state index >= 15 is 0 Å². The Labute approximate surface area is 85.3 Å². The number of hydrogen-bond donors (Lipinski definition) is 1. The van der Waals surface area contributed by atoms with Crippen molar-refractivity contribution in [2.24, 2.45) is 0 Å². The van der Waals surface area contributed by atoms with Crippen LogP contribution in [-0.4, -0.2) is 9.55 Å². The van der Waals surface area contributed by atoms with Crippen molar-refractivity contribution in [3.8, 4) is 0 Å². The minimum Gasteiger partial charge on any atom is -0.384 e. The summed E-state index contributed by atoms with van der Waals surface area (Å²) < 4.78 is 2.15. The number of nitrogens with zero attached hydrogens (tertiary/aromatic N) is 2. The fraction of sp³-hybridized carbons (Fsp3) is 0.727. The maximum absolute atomic E-state index is 6.10. The molecule has 14 heavy (non-hydrogen) atoms. The van der Waals surface area contributed by atoms with Gasteiger partial charge in [-0.2, -0.15) is 0 Å². The van der Waals surface area contributed by atoms with Gasteiger partial charge in [-0.15, -0.1) is 0 Å². The molecular weight excluding hydrogens is 174 g/mol. The average molecular weight is 193 g/mol. The number of hydrogen-bond acceptors (Lipinski definition) is 2. The molecule has 1 aromatic rings. The van der Waals surface area contributed by atoms with Gasteiger partial charge in [0.2, 0.25) is 0 Å². The summed E-state index contributed by atoms with van der Waals surface area (Å²) in [5.41, 5.74) is 7.21. The Morgan fingerprint density at radius 2 is 2.14 bits per heavy atom. The fourth-order valence-corrected chi connectivity index (χ4v) is 2.02. The van der Waals surface area contributed by atoms with Crippen molar-refractivity contribution in [3.63, 3.8) is 0 Å². The van der Waals surface area contributed by atoms with E-state index in [0.717, 1.165) is 24.4 Å². The standard InChI is InChI=1S/C11H19N3/c1-3-8(4-2)10-11(12)14(7-13-10)9-5-6-9/h7-9H,3-6,12H2,1-2H3. The van der Waals surface area contributed by atoms with Gasteiger partial charge in [-0.25, -0.2) is 4.98 Å². The highest BCUT2D eigenvalue weighted by molar-refractivity contribution is 5.39. The van der Waals surface area contributed by atoms with E-state index in [9.17, 15) is 0 Å². The third-order valence-electron chi connectivity index (χ3n) is 3.17. The van der Waals surface area contributed by atoms with Crippen LogP contribution in [0, 0.1) is 0 Å². The monoisotopic (exact) mass is 193 g/mol. The molecule has 3 heteroatoms. The first-order valence-electron chi connectivity index (χ1n) is 5.60. The van der Waals surface area contributed by atoms with Crippen molar-refractivity contribution >= 4 is 5.82 Å². The second kappa shape index (κ2) is 3.64. The molecule has 78 valence electrons. The molecule has 0 aromatic carbocycles. The van der Waals surface area contributed by atoms with E-state index in [1.54, 1.807) is 0 Å². The van der Waals surface area contributed by atoms with Crippen molar-refractivity contribution in [1.29, 1.82) is 0 Å². The van der Waals surface area contributed by atoms with Crippen LogP contribution >= 0.6 is 0 Å². The molecule has 0 amide bonds. The zero-order valence-electron chi connectivity index (χ0n) is 9.03. The second-order valence-electron chi connectivity index (χ2n) is 4.17. The van der Waals surface area contributed by atoms with Crippen molar-refractivity contribution in [1.82, 2.24) is 9.55 Å². The zero-order chi connectivity index (χ0) is 10.1. The lowest BCUT2D eigenvalue weighted by Crippen LogP contribution is -2.04. The number of anilines is 1. The molecule has 1 aromatic heterocycles. The van der Waals surface area contributed by atoms with Gasteiger partial charge < -0.3 is 10.3 Å². The first kappa shape index (κ1) is 9.56. The predicted molar refractivity (Wildman–Crippen MR) is 58.2 cm³/mol. The van der Waals surface area contributed by atoms with Gasteiger partial charge >= 0.3 is 0 Å². The van der Waals surface area contributed by atoms with E-state index in [0.29, 0.717) is 12.0 Å². The van der Waals surface area contributed by atoms with Crippen LogP contribution in [0.1, 0.15) is 57.2 Å². The lowest BCUT2D eigenvalue weighted by atomic mass is 9.99. The van der Waals surface area contributed by atoms with E-state index in [-0.39, 0.29) is 0 Å². The molecule has 1 aliphatic rings. The maximum atomic E-state index is 6.10. The molecule has 0 unspecified atom stereocenters. The van der Waals surface area contributed by atoms with Gasteiger partial charge in [0.05, 0.1) is 12.0 Å². The summed E-state index contributed by atoms with van der Waals surface area (Å²) in [4.78, 5) is 4.46. The SMILES string of the molecule is CCC(CC)c1ncn(C2CC2)c1N. The Hall–Kier alpha value is -0.990. The van der Waals surface area contributed by atoms with E-state index in [4.69, 9.17) is 5.73 Å². The molecule has 0 bridgehead atoms. The van der Waals surface area contributed by atoms with Crippen LogP contribution in [-0.2, 0) is 0 Å². The van der Waals surface area contributed by atoms with Gasteiger partial charge in [0, 0.05) is 12.0 Å². The molecule has 0 spiro atoms. The van der Waals surface area contributed by atoms with Gasteiger partial charge in [0.15, 0.2) is 0 Å². The van der Waals surface area contributed by atoms with E-state index in [2.05, 4.69) is 23.4 Å². The topological polar surface area (TPSA) is 43.8 Å². The van der Waals surface area contributed by atoms with Gasteiger partial charge in [-0.3, -0.25) is 0 Å². The zero-order valence-corrected chi connectivity index (χ0v) is 9.03. The third-order valence-corrected chi connectivity index (χ3v) is 3.17. The number of rotatable bonds is 4. The highest BCUT2D eigenvalue weighted by atomic mass is 15.2. The Morgan fingerprint density at radius 3 is 2.64 bits per heavy atom. The predicted octanol–water partition coefficient (Wildman–Crippen LogP) is 2.70. The summed E-state index contributed by atoms with van der Waals surface area (Å²) in [6.07, 6.45) is 6.71. The largest absolute Gasteiger partial charge is 0.384 e. The summed E-state index contributed by atoms with van der Waals surface area (Å²) in [5, 5.41) is 0. The molecule has 2 N–H and O–H groups in total. The van der Waals surface area contributed by atoms with E-state index in [1.807, 2.05) is 6.33 Å². The molecule has 1 heterocycles. The Morgan fingerprint density at radius 1 is 1.50 bits per heavy atom. The molecule has 0 aliphatic heterocycles. The molecule has 0 saturated heterocycles. The van der Waals surface area contributed by atoms with Crippen LogP contribution in [0.2, 0.25) is 0 Å². The molecule has 0 radical (unpaired) electrons. The van der Waals surface area contributed by atoms with Crippen LogP contribution < -0.4 is 5.73 Å². The molecule has 1 saturated carbocycles.